The van der Waals surface area contributed by atoms with E-state index in [1.54, 1.807) is 18.1 Å². The highest BCUT2D eigenvalue weighted by molar-refractivity contribution is 6.31. The Hall–Kier alpha value is -3.06. The largest absolute Gasteiger partial charge is 0.493 e. The van der Waals surface area contributed by atoms with E-state index in [4.69, 9.17) is 25.6 Å². The monoisotopic (exact) mass is 427 g/mol. The number of halogens is 1. The zero-order chi connectivity index (χ0) is 21.1. The minimum Gasteiger partial charge on any atom is -0.493 e. The average molecular weight is 428 g/mol. The first kappa shape index (κ1) is 20.2. The number of likely N-dealkylation sites (tertiary alicyclic amines) is 1. The molecule has 7 nitrogen and oxygen atoms in total. The number of hydrogen-bond donors (Lipinski definition) is 0. The third-order valence-electron chi connectivity index (χ3n) is 5.08. The molecule has 156 valence electrons. The molecule has 0 spiro atoms. The average Bonchev–Trinajstić information content (AvgIpc) is 3.37. The highest BCUT2D eigenvalue weighted by atomic mass is 35.5. The molecule has 3 aromatic rings. The van der Waals surface area contributed by atoms with E-state index in [1.807, 2.05) is 43.3 Å². The Balaban J connectivity index is 1.58. The zero-order valence-corrected chi connectivity index (χ0v) is 17.6. The van der Waals surface area contributed by atoms with Gasteiger partial charge < -0.3 is 18.9 Å². The van der Waals surface area contributed by atoms with Gasteiger partial charge in [-0.15, -0.1) is 0 Å². The van der Waals surface area contributed by atoms with Crippen LogP contribution < -0.4 is 9.47 Å². The van der Waals surface area contributed by atoms with E-state index in [0.717, 1.165) is 11.1 Å². The molecular weight excluding hydrogens is 406 g/mol. The predicted molar refractivity (Wildman–Crippen MR) is 111 cm³/mol. The molecule has 1 saturated heterocycles. The van der Waals surface area contributed by atoms with Gasteiger partial charge in [0.25, 0.3) is 0 Å². The third-order valence-corrected chi connectivity index (χ3v) is 5.44. The van der Waals surface area contributed by atoms with Crippen LogP contribution in [0.2, 0.25) is 5.02 Å². The zero-order valence-electron chi connectivity index (χ0n) is 16.8. The number of hydrogen-bond acceptors (Lipinski definition) is 6. The van der Waals surface area contributed by atoms with E-state index in [1.165, 1.54) is 0 Å². The molecule has 1 aliphatic heterocycles. The molecule has 1 amide bonds. The van der Waals surface area contributed by atoms with E-state index in [9.17, 15) is 4.79 Å². The minimum atomic E-state index is -0.278. The molecule has 0 aliphatic carbocycles. The minimum absolute atomic E-state index is 0.0439. The third kappa shape index (κ3) is 3.98. The summed E-state index contributed by atoms with van der Waals surface area (Å²) in [6, 6.07) is 12.7. The number of carbonyl (C=O) groups is 1. The van der Waals surface area contributed by atoms with Gasteiger partial charge in [-0.25, -0.2) is 0 Å². The van der Waals surface area contributed by atoms with Crippen molar-refractivity contribution in [3.63, 3.8) is 0 Å². The van der Waals surface area contributed by atoms with Crippen molar-refractivity contribution in [3.8, 4) is 22.9 Å². The fraction of sp³-hybridized carbons (Fsp3) is 0.318. The molecule has 8 heteroatoms. The van der Waals surface area contributed by atoms with Gasteiger partial charge in [-0.05, 0) is 43.2 Å². The van der Waals surface area contributed by atoms with E-state index in [-0.39, 0.29) is 11.9 Å². The quantitative estimate of drug-likeness (QED) is 0.545. The molecule has 4 rings (SSSR count). The molecule has 1 aliphatic rings. The Labute approximate surface area is 179 Å². The van der Waals surface area contributed by atoms with E-state index in [0.29, 0.717) is 54.2 Å². The molecule has 1 fully saturated rings. The van der Waals surface area contributed by atoms with Gasteiger partial charge in [0.05, 0.1) is 13.7 Å². The van der Waals surface area contributed by atoms with Crippen LogP contribution in [0.25, 0.3) is 11.4 Å². The summed E-state index contributed by atoms with van der Waals surface area (Å²) >= 11 is 6.28. The fourth-order valence-electron chi connectivity index (χ4n) is 3.57. The maximum atomic E-state index is 12.5. The summed E-state index contributed by atoms with van der Waals surface area (Å²) in [5.41, 5.74) is 1.63. The highest BCUT2D eigenvalue weighted by Gasteiger charge is 2.36. The summed E-state index contributed by atoms with van der Waals surface area (Å²) in [7, 11) is 1.58. The van der Waals surface area contributed by atoms with Gasteiger partial charge in [-0.1, -0.05) is 35.0 Å². The lowest BCUT2D eigenvalue weighted by molar-refractivity contribution is -0.129. The van der Waals surface area contributed by atoms with Gasteiger partial charge in [0.15, 0.2) is 11.5 Å². The first-order valence-electron chi connectivity index (χ1n) is 9.78. The van der Waals surface area contributed by atoms with Gasteiger partial charge in [-0.2, -0.15) is 4.98 Å². The van der Waals surface area contributed by atoms with Crippen molar-refractivity contribution in [3.05, 3.63) is 58.9 Å². The number of amides is 1. The Morgan fingerprint density at radius 1 is 1.23 bits per heavy atom. The molecule has 30 heavy (non-hydrogen) atoms. The second-order valence-corrected chi connectivity index (χ2v) is 7.33. The number of nitrogens with zero attached hydrogens (tertiary/aromatic N) is 3. The number of rotatable bonds is 7. The Kier molecular flexibility index (Phi) is 5.90. The summed E-state index contributed by atoms with van der Waals surface area (Å²) in [5, 5.41) is 4.75. The number of benzene rings is 2. The van der Waals surface area contributed by atoms with Crippen molar-refractivity contribution in [1.82, 2.24) is 15.0 Å². The highest BCUT2D eigenvalue weighted by Crippen LogP contribution is 2.36. The Morgan fingerprint density at radius 2 is 2.07 bits per heavy atom. The van der Waals surface area contributed by atoms with Crippen LogP contribution in [0, 0.1) is 0 Å². The Morgan fingerprint density at radius 3 is 2.83 bits per heavy atom. The van der Waals surface area contributed by atoms with Crippen molar-refractivity contribution in [2.24, 2.45) is 0 Å². The molecule has 0 N–H and O–H groups in total. The van der Waals surface area contributed by atoms with E-state index >= 15 is 0 Å². The molecular formula is C22H22ClN3O4. The second kappa shape index (κ2) is 8.75. The predicted octanol–water partition coefficient (Wildman–Crippen LogP) is 4.66. The lowest BCUT2D eigenvalue weighted by atomic mass is 10.1. The molecule has 1 atom stereocenters. The lowest BCUT2D eigenvalue weighted by Crippen LogP contribution is -2.27. The Bertz CT molecular complexity index is 1050. The van der Waals surface area contributed by atoms with Crippen LogP contribution in [0.15, 0.2) is 47.0 Å². The summed E-state index contributed by atoms with van der Waals surface area (Å²) < 4.78 is 16.5. The van der Waals surface area contributed by atoms with Gasteiger partial charge in [0.2, 0.25) is 17.6 Å². The maximum absolute atomic E-state index is 12.5. The van der Waals surface area contributed by atoms with Crippen molar-refractivity contribution in [2.75, 3.05) is 13.7 Å². The number of carbonyl (C=O) groups excluding carboxylic acids is 1. The SMILES string of the molecule is CCOc1ccc(-c2noc(C3CCC(=O)N3Cc3ccccc3Cl)n2)cc1OC. The molecule has 2 aromatic carbocycles. The van der Waals surface area contributed by atoms with Crippen LogP contribution in [0.4, 0.5) is 0 Å². The fourth-order valence-corrected chi connectivity index (χ4v) is 3.76. The van der Waals surface area contributed by atoms with E-state index in [2.05, 4.69) is 10.1 Å². The van der Waals surface area contributed by atoms with Crippen molar-refractivity contribution < 1.29 is 18.8 Å². The molecule has 1 unspecified atom stereocenters. The van der Waals surface area contributed by atoms with Gasteiger partial charge in [0.1, 0.15) is 6.04 Å². The topological polar surface area (TPSA) is 77.7 Å². The summed E-state index contributed by atoms with van der Waals surface area (Å²) in [4.78, 5) is 18.8. The lowest BCUT2D eigenvalue weighted by Gasteiger charge is -2.22. The van der Waals surface area contributed by atoms with Crippen molar-refractivity contribution >= 4 is 17.5 Å². The number of aromatic nitrogens is 2. The summed E-state index contributed by atoms with van der Waals surface area (Å²) in [6.07, 6.45) is 1.06. The maximum Gasteiger partial charge on any atom is 0.249 e. The van der Waals surface area contributed by atoms with Crippen LogP contribution in [0.1, 0.15) is 37.3 Å². The van der Waals surface area contributed by atoms with Crippen LogP contribution in [-0.2, 0) is 11.3 Å². The molecule has 0 saturated carbocycles. The molecule has 2 heterocycles. The standard InChI is InChI=1S/C22H22ClN3O4/c1-3-29-18-10-8-14(12-19(18)28-2)21-24-22(30-25-21)17-9-11-20(27)26(17)13-15-6-4-5-7-16(15)23/h4-8,10,12,17H,3,9,11,13H2,1-2H3. The van der Waals surface area contributed by atoms with Crippen LogP contribution in [0.5, 0.6) is 11.5 Å². The van der Waals surface area contributed by atoms with Gasteiger partial charge in [-0.3, -0.25) is 4.79 Å². The number of methoxy groups -OCH3 is 1. The van der Waals surface area contributed by atoms with Gasteiger partial charge in [0, 0.05) is 23.6 Å². The van der Waals surface area contributed by atoms with Crippen molar-refractivity contribution in [1.29, 1.82) is 0 Å². The molecule has 0 bridgehead atoms. The van der Waals surface area contributed by atoms with Gasteiger partial charge >= 0.3 is 0 Å². The van der Waals surface area contributed by atoms with Crippen LogP contribution in [-0.4, -0.2) is 34.7 Å². The second-order valence-electron chi connectivity index (χ2n) is 6.92. The first-order valence-corrected chi connectivity index (χ1v) is 10.2. The summed E-state index contributed by atoms with van der Waals surface area (Å²) in [5.74, 6) is 2.14. The summed E-state index contributed by atoms with van der Waals surface area (Å²) in [6.45, 7) is 2.85. The molecule has 0 radical (unpaired) electrons. The smallest absolute Gasteiger partial charge is 0.249 e. The van der Waals surface area contributed by atoms with Crippen molar-refractivity contribution in [2.45, 2.75) is 32.4 Å². The first-order chi connectivity index (χ1) is 14.6. The normalized spacial score (nSPS) is 16.2. The number of ether oxygens (including phenoxy) is 2. The van der Waals surface area contributed by atoms with Crippen LogP contribution >= 0.6 is 11.6 Å². The van der Waals surface area contributed by atoms with Crippen LogP contribution in [0.3, 0.4) is 0 Å². The molecule has 1 aromatic heterocycles. The van der Waals surface area contributed by atoms with E-state index < -0.39 is 0 Å².